The zero-order chi connectivity index (χ0) is 15.8. The van der Waals surface area contributed by atoms with E-state index in [0.29, 0.717) is 0 Å². The molecule has 0 saturated carbocycles. The van der Waals surface area contributed by atoms with Crippen LogP contribution in [0.2, 0.25) is 0 Å². The molecule has 1 N–H and O–H groups in total. The second kappa shape index (κ2) is 5.62. The number of hydrogen-bond donors (Lipinski definition) is 1. The number of rotatable bonds is 3. The van der Waals surface area contributed by atoms with Crippen LogP contribution in [0.15, 0.2) is 15.4 Å². The topological polar surface area (TPSA) is 70.8 Å². The van der Waals surface area contributed by atoms with E-state index in [9.17, 15) is 21.6 Å². The first-order chi connectivity index (χ1) is 9.66. The van der Waals surface area contributed by atoms with Gasteiger partial charge in [-0.3, -0.25) is 0 Å². The average molecular weight is 327 g/mol. The highest BCUT2D eigenvalue weighted by Crippen LogP contribution is 2.35. The van der Waals surface area contributed by atoms with Crippen LogP contribution in [0.3, 0.4) is 0 Å². The van der Waals surface area contributed by atoms with E-state index in [2.05, 4.69) is 0 Å². The lowest BCUT2D eigenvalue weighted by molar-refractivity contribution is -0.182. The Balaban J connectivity index is 2.28. The molecule has 1 aromatic rings. The van der Waals surface area contributed by atoms with Crippen molar-refractivity contribution in [3.63, 3.8) is 0 Å². The SMILES string of the molecule is Cc1oc(CO)cc1S(=O)(=O)N1CCCC(C(F)(F)F)C1. The summed E-state index contributed by atoms with van der Waals surface area (Å²) in [4.78, 5) is -0.186. The minimum atomic E-state index is -4.41. The summed E-state index contributed by atoms with van der Waals surface area (Å²) in [5, 5.41) is 8.95. The number of aryl methyl sites for hydroxylation is 1. The number of halogens is 3. The first-order valence-electron chi connectivity index (χ1n) is 6.43. The lowest BCUT2D eigenvalue weighted by Gasteiger charge is -2.32. The molecule has 21 heavy (non-hydrogen) atoms. The van der Waals surface area contributed by atoms with Gasteiger partial charge in [-0.25, -0.2) is 8.42 Å². The van der Waals surface area contributed by atoms with Gasteiger partial charge in [-0.15, -0.1) is 0 Å². The Hall–Kier alpha value is -1.06. The van der Waals surface area contributed by atoms with Crippen LogP contribution >= 0.6 is 0 Å². The molecule has 1 aliphatic heterocycles. The maximum absolute atomic E-state index is 12.8. The average Bonchev–Trinajstić information content (AvgIpc) is 2.80. The fourth-order valence-electron chi connectivity index (χ4n) is 2.43. The number of aliphatic hydroxyl groups excluding tert-OH is 1. The highest BCUT2D eigenvalue weighted by atomic mass is 32.2. The van der Waals surface area contributed by atoms with E-state index in [-0.39, 0.29) is 35.8 Å². The maximum Gasteiger partial charge on any atom is 0.393 e. The van der Waals surface area contributed by atoms with Gasteiger partial charge in [0.25, 0.3) is 0 Å². The summed E-state index contributed by atoms with van der Waals surface area (Å²) in [6.45, 7) is 0.400. The van der Waals surface area contributed by atoms with Gasteiger partial charge in [0.1, 0.15) is 23.0 Å². The van der Waals surface area contributed by atoms with Gasteiger partial charge in [0.05, 0.1) is 5.92 Å². The van der Waals surface area contributed by atoms with E-state index in [1.807, 2.05) is 0 Å². The third-order valence-electron chi connectivity index (χ3n) is 3.54. The number of alkyl halides is 3. The molecular formula is C12H16F3NO4S. The number of hydrogen-bond acceptors (Lipinski definition) is 4. The summed E-state index contributed by atoms with van der Waals surface area (Å²) >= 11 is 0. The molecule has 5 nitrogen and oxygen atoms in total. The van der Waals surface area contributed by atoms with E-state index in [1.165, 1.54) is 6.92 Å². The quantitative estimate of drug-likeness (QED) is 0.922. The minimum Gasteiger partial charge on any atom is -0.462 e. The van der Waals surface area contributed by atoms with Crippen LogP contribution in [-0.4, -0.2) is 37.1 Å². The largest absolute Gasteiger partial charge is 0.462 e. The van der Waals surface area contributed by atoms with Gasteiger partial charge < -0.3 is 9.52 Å². The molecule has 2 rings (SSSR count). The molecule has 1 atom stereocenters. The van der Waals surface area contributed by atoms with E-state index in [4.69, 9.17) is 9.52 Å². The van der Waals surface area contributed by atoms with Gasteiger partial charge in [-0.1, -0.05) is 0 Å². The summed E-state index contributed by atoms with van der Waals surface area (Å²) < 4.78 is 69.1. The predicted molar refractivity (Wildman–Crippen MR) is 66.9 cm³/mol. The van der Waals surface area contributed by atoms with Crippen LogP contribution in [0.1, 0.15) is 24.4 Å². The molecule has 120 valence electrons. The maximum atomic E-state index is 12.8. The zero-order valence-electron chi connectivity index (χ0n) is 11.4. The number of aliphatic hydroxyl groups is 1. The van der Waals surface area contributed by atoms with Crippen LogP contribution in [0.25, 0.3) is 0 Å². The Morgan fingerprint density at radius 2 is 2.14 bits per heavy atom. The zero-order valence-corrected chi connectivity index (χ0v) is 12.2. The number of sulfonamides is 1. The summed E-state index contributed by atoms with van der Waals surface area (Å²) in [6, 6.07) is 1.15. The van der Waals surface area contributed by atoms with Crippen molar-refractivity contribution in [3.05, 3.63) is 17.6 Å². The first-order valence-corrected chi connectivity index (χ1v) is 7.87. The standard InChI is InChI=1S/C12H16F3NO4S/c1-8-11(5-10(7-17)20-8)21(18,19)16-4-2-3-9(6-16)12(13,14)15/h5,9,17H,2-4,6-7H2,1H3. The summed E-state index contributed by atoms with van der Waals surface area (Å²) in [5.74, 6) is -1.52. The molecule has 0 bridgehead atoms. The molecule has 0 aromatic carbocycles. The van der Waals surface area contributed by atoms with Crippen LogP contribution in [0.4, 0.5) is 13.2 Å². The fourth-order valence-corrected chi connectivity index (χ4v) is 4.13. The molecule has 0 spiro atoms. The van der Waals surface area contributed by atoms with E-state index < -0.39 is 35.3 Å². The lowest BCUT2D eigenvalue weighted by Crippen LogP contribution is -2.44. The van der Waals surface area contributed by atoms with E-state index in [0.717, 1.165) is 10.4 Å². The molecule has 1 unspecified atom stereocenters. The van der Waals surface area contributed by atoms with Crippen molar-refractivity contribution in [2.45, 2.75) is 37.4 Å². The summed E-state index contributed by atoms with van der Waals surface area (Å²) in [5.41, 5.74) is 0. The molecule has 0 amide bonds. The monoisotopic (exact) mass is 327 g/mol. The minimum absolute atomic E-state index is 0.0496. The Bertz CT molecular complexity index is 609. The number of piperidine rings is 1. The Morgan fingerprint density at radius 1 is 1.48 bits per heavy atom. The van der Waals surface area contributed by atoms with Crippen LogP contribution in [-0.2, 0) is 16.6 Å². The molecule has 1 aromatic heterocycles. The van der Waals surface area contributed by atoms with Gasteiger partial charge in [0, 0.05) is 19.2 Å². The third-order valence-corrected chi connectivity index (χ3v) is 5.52. The Labute approximate surface area is 120 Å². The molecule has 0 radical (unpaired) electrons. The predicted octanol–water partition coefficient (Wildman–Crippen LogP) is 2.04. The van der Waals surface area contributed by atoms with Crippen molar-refractivity contribution in [1.29, 1.82) is 0 Å². The van der Waals surface area contributed by atoms with Crippen LogP contribution in [0, 0.1) is 12.8 Å². The Kier molecular flexibility index (Phi) is 4.36. The summed E-state index contributed by atoms with van der Waals surface area (Å²) in [6.07, 6.45) is -4.31. The molecule has 0 aliphatic carbocycles. The van der Waals surface area contributed by atoms with Crippen molar-refractivity contribution in [1.82, 2.24) is 4.31 Å². The molecule has 2 heterocycles. The lowest BCUT2D eigenvalue weighted by atomic mass is 9.99. The molecule has 1 aliphatic rings. The van der Waals surface area contributed by atoms with Crippen molar-refractivity contribution >= 4 is 10.0 Å². The van der Waals surface area contributed by atoms with Gasteiger partial charge in [0.15, 0.2) is 0 Å². The highest BCUT2D eigenvalue weighted by Gasteiger charge is 2.44. The second-order valence-electron chi connectivity index (χ2n) is 5.04. The van der Waals surface area contributed by atoms with Crippen molar-refractivity contribution in [3.8, 4) is 0 Å². The highest BCUT2D eigenvalue weighted by molar-refractivity contribution is 7.89. The van der Waals surface area contributed by atoms with Gasteiger partial charge >= 0.3 is 6.18 Å². The van der Waals surface area contributed by atoms with Crippen LogP contribution < -0.4 is 0 Å². The van der Waals surface area contributed by atoms with Gasteiger partial charge in [0.2, 0.25) is 10.0 Å². The summed E-state index contributed by atoms with van der Waals surface area (Å²) in [7, 11) is -4.05. The molecular weight excluding hydrogens is 311 g/mol. The molecule has 1 saturated heterocycles. The smallest absolute Gasteiger partial charge is 0.393 e. The first kappa shape index (κ1) is 16.3. The number of nitrogens with zero attached hydrogens (tertiary/aromatic N) is 1. The third kappa shape index (κ3) is 3.24. The number of furan rings is 1. The van der Waals surface area contributed by atoms with Crippen molar-refractivity contribution in [2.24, 2.45) is 5.92 Å². The fraction of sp³-hybridized carbons (Fsp3) is 0.667. The second-order valence-corrected chi connectivity index (χ2v) is 6.94. The van der Waals surface area contributed by atoms with Gasteiger partial charge in [-0.2, -0.15) is 17.5 Å². The van der Waals surface area contributed by atoms with E-state index >= 15 is 0 Å². The van der Waals surface area contributed by atoms with Gasteiger partial charge in [-0.05, 0) is 19.8 Å². The van der Waals surface area contributed by atoms with Crippen molar-refractivity contribution < 1.29 is 31.1 Å². The molecule has 9 heteroatoms. The van der Waals surface area contributed by atoms with E-state index in [1.54, 1.807) is 0 Å². The Morgan fingerprint density at radius 3 is 2.67 bits per heavy atom. The van der Waals surface area contributed by atoms with Crippen LogP contribution in [0.5, 0.6) is 0 Å². The normalized spacial score (nSPS) is 21.7. The molecule has 1 fully saturated rings. The van der Waals surface area contributed by atoms with Crippen molar-refractivity contribution in [2.75, 3.05) is 13.1 Å².